The Balaban J connectivity index is 2.11. The number of nitrogens with one attached hydrogen (secondary N) is 1. The molecule has 0 radical (unpaired) electrons. The van der Waals surface area contributed by atoms with Crippen molar-refractivity contribution in [1.29, 1.82) is 0 Å². The van der Waals surface area contributed by atoms with Crippen LogP contribution in [0.1, 0.15) is 15.4 Å². The Kier molecular flexibility index (Phi) is 2.62. The minimum absolute atomic E-state index is 0.345. The molecule has 0 bridgehead atoms. The smallest absolute Gasteiger partial charge is 0.347 e. The van der Waals surface area contributed by atoms with E-state index in [9.17, 15) is 4.79 Å². The lowest BCUT2D eigenvalue weighted by atomic mass is 10.1. The minimum Gasteiger partial charge on any atom is -0.477 e. The van der Waals surface area contributed by atoms with Crippen LogP contribution < -0.4 is 10.2 Å². The first-order valence-corrected chi connectivity index (χ1v) is 5.56. The van der Waals surface area contributed by atoms with E-state index in [0.717, 1.165) is 18.2 Å². The Labute approximate surface area is 91.7 Å². The molecular formula is C9H13N3O2S. The van der Waals surface area contributed by atoms with Gasteiger partial charge in [0.25, 0.3) is 0 Å². The van der Waals surface area contributed by atoms with E-state index in [1.807, 2.05) is 7.05 Å². The van der Waals surface area contributed by atoms with Crippen LogP contribution >= 0.6 is 11.3 Å². The Morgan fingerprint density at radius 1 is 1.67 bits per heavy atom. The zero-order valence-corrected chi connectivity index (χ0v) is 9.47. The number of carbonyl (C=O) groups is 1. The first-order valence-electron chi connectivity index (χ1n) is 4.74. The van der Waals surface area contributed by atoms with Crippen molar-refractivity contribution in [2.45, 2.75) is 13.0 Å². The molecule has 0 aromatic carbocycles. The van der Waals surface area contributed by atoms with Crippen molar-refractivity contribution in [2.75, 3.05) is 25.0 Å². The van der Waals surface area contributed by atoms with Gasteiger partial charge in [-0.1, -0.05) is 11.3 Å². The summed E-state index contributed by atoms with van der Waals surface area (Å²) in [5.74, 6) is -0.887. The summed E-state index contributed by atoms with van der Waals surface area (Å²) in [7, 11) is 1.93. The summed E-state index contributed by atoms with van der Waals surface area (Å²) < 4.78 is 0. The molecule has 0 aliphatic carbocycles. The van der Waals surface area contributed by atoms with Gasteiger partial charge in [-0.2, -0.15) is 0 Å². The van der Waals surface area contributed by atoms with E-state index in [4.69, 9.17) is 5.11 Å². The fourth-order valence-corrected chi connectivity index (χ4v) is 2.46. The number of aryl methyl sites for hydroxylation is 1. The second-order valence-corrected chi connectivity index (χ2v) is 4.58. The van der Waals surface area contributed by atoms with Gasteiger partial charge in [0.15, 0.2) is 5.13 Å². The molecule has 0 unspecified atom stereocenters. The molecular weight excluding hydrogens is 214 g/mol. The van der Waals surface area contributed by atoms with E-state index in [-0.39, 0.29) is 0 Å². The minimum atomic E-state index is -0.887. The molecule has 0 amide bonds. The fourth-order valence-electron chi connectivity index (χ4n) is 1.53. The molecule has 6 heteroatoms. The summed E-state index contributed by atoms with van der Waals surface area (Å²) in [6, 6.07) is 0.502. The van der Waals surface area contributed by atoms with Gasteiger partial charge in [0.2, 0.25) is 0 Å². The van der Waals surface area contributed by atoms with Crippen LogP contribution in [0, 0.1) is 6.92 Å². The van der Waals surface area contributed by atoms with Gasteiger partial charge >= 0.3 is 5.97 Å². The van der Waals surface area contributed by atoms with Crippen molar-refractivity contribution in [3.63, 3.8) is 0 Å². The Morgan fingerprint density at radius 2 is 2.33 bits per heavy atom. The van der Waals surface area contributed by atoms with Gasteiger partial charge in [0.05, 0.1) is 5.69 Å². The first kappa shape index (κ1) is 10.4. The van der Waals surface area contributed by atoms with Gasteiger partial charge in [0.1, 0.15) is 4.88 Å². The van der Waals surface area contributed by atoms with E-state index in [1.165, 1.54) is 11.3 Å². The molecule has 2 N–H and O–H groups in total. The highest BCUT2D eigenvalue weighted by atomic mass is 32.1. The third-order valence-corrected chi connectivity index (χ3v) is 3.75. The highest BCUT2D eigenvalue weighted by molar-refractivity contribution is 7.17. The standard InChI is InChI=1S/C9H13N3O2S/c1-5-7(8(13)14)15-9(11-5)12-3-6(4-12)10-2/h6,10H,3-4H2,1-2H3,(H,13,14). The lowest BCUT2D eigenvalue weighted by Crippen LogP contribution is -2.57. The van der Waals surface area contributed by atoms with Crippen LogP contribution in [0.2, 0.25) is 0 Å². The van der Waals surface area contributed by atoms with Gasteiger partial charge in [-0.05, 0) is 14.0 Å². The lowest BCUT2D eigenvalue weighted by Gasteiger charge is -2.38. The third-order valence-electron chi connectivity index (χ3n) is 2.54. The van der Waals surface area contributed by atoms with Crippen molar-refractivity contribution >= 4 is 22.4 Å². The van der Waals surface area contributed by atoms with Crippen LogP contribution in [-0.4, -0.2) is 42.2 Å². The van der Waals surface area contributed by atoms with Crippen LogP contribution in [0.3, 0.4) is 0 Å². The van der Waals surface area contributed by atoms with E-state index < -0.39 is 5.97 Å². The number of carboxylic acid groups (broad SMARTS) is 1. The molecule has 0 saturated carbocycles. The zero-order valence-electron chi connectivity index (χ0n) is 8.65. The van der Waals surface area contributed by atoms with Gasteiger partial charge in [-0.25, -0.2) is 9.78 Å². The zero-order chi connectivity index (χ0) is 11.0. The molecule has 1 aliphatic heterocycles. The van der Waals surface area contributed by atoms with Crippen LogP contribution in [0.5, 0.6) is 0 Å². The number of hydrogen-bond acceptors (Lipinski definition) is 5. The predicted molar refractivity (Wildman–Crippen MR) is 58.9 cm³/mol. The van der Waals surface area contributed by atoms with Crippen molar-refractivity contribution in [3.05, 3.63) is 10.6 Å². The second kappa shape index (κ2) is 3.79. The molecule has 1 aliphatic rings. The number of anilines is 1. The summed E-state index contributed by atoms with van der Waals surface area (Å²) in [6.07, 6.45) is 0. The van der Waals surface area contributed by atoms with Crippen LogP contribution in [0.25, 0.3) is 0 Å². The van der Waals surface area contributed by atoms with E-state index in [0.29, 0.717) is 16.6 Å². The number of rotatable bonds is 3. The first-order chi connectivity index (χ1) is 7.11. The maximum atomic E-state index is 10.8. The summed E-state index contributed by atoms with van der Waals surface area (Å²) in [5.41, 5.74) is 0.607. The second-order valence-electron chi connectivity index (χ2n) is 3.61. The predicted octanol–water partition coefficient (Wildman–Crippen LogP) is 0.558. The number of hydrogen-bond donors (Lipinski definition) is 2. The SMILES string of the molecule is CNC1CN(c2nc(C)c(C(=O)O)s2)C1. The molecule has 5 nitrogen and oxygen atoms in total. The van der Waals surface area contributed by atoms with E-state index >= 15 is 0 Å². The third kappa shape index (κ3) is 1.82. The number of nitrogens with zero attached hydrogens (tertiary/aromatic N) is 2. The maximum Gasteiger partial charge on any atom is 0.347 e. The molecule has 0 atom stereocenters. The number of aromatic carboxylic acids is 1. The monoisotopic (exact) mass is 227 g/mol. The molecule has 2 heterocycles. The van der Waals surface area contributed by atoms with Crippen LogP contribution in [-0.2, 0) is 0 Å². The Hall–Kier alpha value is -1.14. The quantitative estimate of drug-likeness (QED) is 0.789. The van der Waals surface area contributed by atoms with Gasteiger partial charge in [0, 0.05) is 19.1 Å². The number of aromatic nitrogens is 1. The highest BCUT2D eigenvalue weighted by Gasteiger charge is 2.28. The summed E-state index contributed by atoms with van der Waals surface area (Å²) >= 11 is 1.25. The molecule has 1 fully saturated rings. The Morgan fingerprint density at radius 3 is 2.80 bits per heavy atom. The largest absolute Gasteiger partial charge is 0.477 e. The molecule has 1 saturated heterocycles. The van der Waals surface area contributed by atoms with Crippen molar-refractivity contribution in [2.24, 2.45) is 0 Å². The molecule has 0 spiro atoms. The molecule has 1 aromatic rings. The molecule has 2 rings (SSSR count). The van der Waals surface area contributed by atoms with Gasteiger partial charge in [-0.3, -0.25) is 0 Å². The topological polar surface area (TPSA) is 65.5 Å². The van der Waals surface area contributed by atoms with E-state index in [1.54, 1.807) is 6.92 Å². The lowest BCUT2D eigenvalue weighted by molar-refractivity contribution is 0.0701. The summed E-state index contributed by atoms with van der Waals surface area (Å²) in [6.45, 7) is 3.55. The number of likely N-dealkylation sites (N-methyl/N-ethyl adjacent to an activating group) is 1. The molecule has 1 aromatic heterocycles. The van der Waals surface area contributed by atoms with Gasteiger partial charge < -0.3 is 15.3 Å². The van der Waals surface area contributed by atoms with E-state index in [2.05, 4.69) is 15.2 Å². The van der Waals surface area contributed by atoms with Crippen LogP contribution in [0.4, 0.5) is 5.13 Å². The van der Waals surface area contributed by atoms with Crippen molar-refractivity contribution in [1.82, 2.24) is 10.3 Å². The van der Waals surface area contributed by atoms with Crippen molar-refractivity contribution < 1.29 is 9.90 Å². The molecule has 15 heavy (non-hydrogen) atoms. The van der Waals surface area contributed by atoms with Crippen LogP contribution in [0.15, 0.2) is 0 Å². The fraction of sp³-hybridized carbons (Fsp3) is 0.556. The average molecular weight is 227 g/mol. The Bertz CT molecular complexity index is 385. The normalized spacial score (nSPS) is 16.5. The average Bonchev–Trinajstić information content (AvgIpc) is 2.45. The summed E-state index contributed by atoms with van der Waals surface area (Å²) in [4.78, 5) is 17.5. The number of thiazole rings is 1. The number of carboxylic acids is 1. The molecule has 82 valence electrons. The maximum absolute atomic E-state index is 10.8. The van der Waals surface area contributed by atoms with Gasteiger partial charge in [-0.15, -0.1) is 0 Å². The summed E-state index contributed by atoms with van der Waals surface area (Å²) in [5, 5.41) is 12.9. The van der Waals surface area contributed by atoms with Crippen molar-refractivity contribution in [3.8, 4) is 0 Å². The highest BCUT2D eigenvalue weighted by Crippen LogP contribution is 2.28.